The molecule has 0 aliphatic heterocycles. The minimum absolute atomic E-state index is 0.767. The molecule has 0 bridgehead atoms. The number of aromatic amines is 1. The van der Waals surface area contributed by atoms with Crippen molar-refractivity contribution in [2.75, 3.05) is 0 Å². The average Bonchev–Trinajstić information content (AvgIpc) is 3.13. The Labute approximate surface area is 123 Å². The quantitative estimate of drug-likeness (QED) is 0.755. The van der Waals surface area contributed by atoms with Crippen molar-refractivity contribution in [2.24, 2.45) is 0 Å². The molecule has 0 saturated carbocycles. The van der Waals surface area contributed by atoms with Crippen molar-refractivity contribution < 1.29 is 4.52 Å². The molecule has 0 amide bonds. The second-order valence-electron chi connectivity index (χ2n) is 5.07. The first-order chi connectivity index (χ1) is 10.2. The zero-order valence-corrected chi connectivity index (χ0v) is 12.2. The van der Waals surface area contributed by atoms with Crippen LogP contribution in [0.15, 0.2) is 41.1 Å². The zero-order valence-electron chi connectivity index (χ0n) is 12.2. The normalized spacial score (nSPS) is 11.0. The number of hydrogen-bond donors (Lipinski definition) is 2. The summed E-state index contributed by atoms with van der Waals surface area (Å²) >= 11 is 0. The minimum Gasteiger partial charge on any atom is -0.361 e. The summed E-state index contributed by atoms with van der Waals surface area (Å²) in [6.45, 7) is 5.49. The number of nitrogens with zero attached hydrogens (tertiary/aromatic N) is 2. The molecule has 2 N–H and O–H groups in total. The van der Waals surface area contributed by atoms with E-state index < -0.39 is 0 Å². The van der Waals surface area contributed by atoms with Gasteiger partial charge >= 0.3 is 0 Å². The van der Waals surface area contributed by atoms with Crippen LogP contribution >= 0.6 is 0 Å². The Balaban J connectivity index is 1.59. The molecule has 2 aromatic heterocycles. The highest BCUT2D eigenvalue weighted by atomic mass is 16.5. The molecule has 3 rings (SSSR count). The SMILES string of the molecule is Cc1noc(C)c1CNCc1ccc(-c2ccn[nH]2)cc1. The van der Waals surface area contributed by atoms with E-state index in [1.807, 2.05) is 19.9 Å². The zero-order chi connectivity index (χ0) is 14.7. The Morgan fingerprint density at radius 1 is 1.10 bits per heavy atom. The van der Waals surface area contributed by atoms with Crippen LogP contribution in [0.5, 0.6) is 0 Å². The molecule has 21 heavy (non-hydrogen) atoms. The van der Waals surface area contributed by atoms with Crippen LogP contribution in [0.1, 0.15) is 22.6 Å². The molecule has 5 nitrogen and oxygen atoms in total. The third-order valence-electron chi connectivity index (χ3n) is 3.58. The third-order valence-corrected chi connectivity index (χ3v) is 3.58. The minimum atomic E-state index is 0.767. The van der Waals surface area contributed by atoms with Crippen molar-refractivity contribution in [3.8, 4) is 11.3 Å². The molecule has 0 saturated heterocycles. The highest BCUT2D eigenvalue weighted by Gasteiger charge is 2.07. The van der Waals surface area contributed by atoms with E-state index in [4.69, 9.17) is 4.52 Å². The average molecular weight is 282 g/mol. The molecule has 0 radical (unpaired) electrons. The van der Waals surface area contributed by atoms with E-state index in [0.717, 1.165) is 41.4 Å². The van der Waals surface area contributed by atoms with E-state index in [9.17, 15) is 0 Å². The molecule has 5 heteroatoms. The van der Waals surface area contributed by atoms with E-state index in [-0.39, 0.29) is 0 Å². The summed E-state index contributed by atoms with van der Waals surface area (Å²) in [4.78, 5) is 0. The van der Waals surface area contributed by atoms with E-state index in [0.29, 0.717) is 0 Å². The largest absolute Gasteiger partial charge is 0.361 e. The van der Waals surface area contributed by atoms with Crippen molar-refractivity contribution in [2.45, 2.75) is 26.9 Å². The molecule has 0 aliphatic carbocycles. The molecule has 0 aliphatic rings. The summed E-state index contributed by atoms with van der Waals surface area (Å²) < 4.78 is 5.16. The van der Waals surface area contributed by atoms with Gasteiger partial charge in [-0.05, 0) is 31.0 Å². The predicted molar refractivity (Wildman–Crippen MR) is 80.5 cm³/mol. The lowest BCUT2D eigenvalue weighted by molar-refractivity contribution is 0.392. The lowest BCUT2D eigenvalue weighted by Gasteiger charge is -2.05. The van der Waals surface area contributed by atoms with Gasteiger partial charge in [-0.3, -0.25) is 5.10 Å². The van der Waals surface area contributed by atoms with Gasteiger partial charge in [0.2, 0.25) is 0 Å². The van der Waals surface area contributed by atoms with E-state index in [2.05, 4.69) is 44.9 Å². The van der Waals surface area contributed by atoms with Gasteiger partial charge in [-0.15, -0.1) is 0 Å². The Morgan fingerprint density at radius 2 is 1.90 bits per heavy atom. The highest BCUT2D eigenvalue weighted by Crippen LogP contribution is 2.17. The summed E-state index contributed by atoms with van der Waals surface area (Å²) in [6, 6.07) is 10.4. The van der Waals surface area contributed by atoms with Crippen molar-refractivity contribution in [1.82, 2.24) is 20.7 Å². The number of aromatic nitrogens is 3. The summed E-state index contributed by atoms with van der Waals surface area (Å²) in [5.41, 5.74) is 5.51. The van der Waals surface area contributed by atoms with Crippen LogP contribution in [0.2, 0.25) is 0 Å². The lowest BCUT2D eigenvalue weighted by Crippen LogP contribution is -2.13. The van der Waals surface area contributed by atoms with Crippen LogP contribution < -0.4 is 5.32 Å². The number of hydrogen-bond acceptors (Lipinski definition) is 4. The molecular weight excluding hydrogens is 264 g/mol. The lowest BCUT2D eigenvalue weighted by atomic mass is 10.1. The Morgan fingerprint density at radius 3 is 2.52 bits per heavy atom. The van der Waals surface area contributed by atoms with Crippen LogP contribution in [0.25, 0.3) is 11.3 Å². The molecule has 0 atom stereocenters. The second kappa shape index (κ2) is 5.93. The van der Waals surface area contributed by atoms with Crippen LogP contribution in [-0.2, 0) is 13.1 Å². The summed E-state index contributed by atoms with van der Waals surface area (Å²) in [6.07, 6.45) is 1.76. The monoisotopic (exact) mass is 282 g/mol. The summed E-state index contributed by atoms with van der Waals surface area (Å²) in [5, 5.41) is 14.3. The van der Waals surface area contributed by atoms with Gasteiger partial charge < -0.3 is 9.84 Å². The number of aryl methyl sites for hydroxylation is 2. The third kappa shape index (κ3) is 3.03. The van der Waals surface area contributed by atoms with Crippen LogP contribution in [0.3, 0.4) is 0 Å². The van der Waals surface area contributed by atoms with Crippen molar-refractivity contribution in [1.29, 1.82) is 0 Å². The van der Waals surface area contributed by atoms with Gasteiger partial charge in [0.1, 0.15) is 5.76 Å². The Hall–Kier alpha value is -2.40. The smallest absolute Gasteiger partial charge is 0.138 e. The molecule has 1 aromatic carbocycles. The molecular formula is C16H18N4O. The molecule has 0 unspecified atom stereocenters. The topological polar surface area (TPSA) is 66.7 Å². The predicted octanol–water partition coefficient (Wildman–Crippen LogP) is 2.97. The van der Waals surface area contributed by atoms with Crippen LogP contribution in [-0.4, -0.2) is 15.4 Å². The van der Waals surface area contributed by atoms with Crippen molar-refractivity contribution >= 4 is 0 Å². The van der Waals surface area contributed by atoms with Crippen molar-refractivity contribution in [3.05, 3.63) is 59.1 Å². The van der Waals surface area contributed by atoms with Crippen LogP contribution in [0, 0.1) is 13.8 Å². The first kappa shape index (κ1) is 13.6. The molecule has 108 valence electrons. The maximum atomic E-state index is 5.16. The fourth-order valence-corrected chi connectivity index (χ4v) is 2.30. The number of nitrogens with one attached hydrogen (secondary N) is 2. The van der Waals surface area contributed by atoms with Gasteiger partial charge in [0.25, 0.3) is 0 Å². The van der Waals surface area contributed by atoms with Crippen molar-refractivity contribution in [3.63, 3.8) is 0 Å². The van der Waals surface area contributed by atoms with E-state index in [1.54, 1.807) is 6.20 Å². The first-order valence-corrected chi connectivity index (χ1v) is 6.95. The Bertz CT molecular complexity index is 679. The Kier molecular flexibility index (Phi) is 3.83. The second-order valence-corrected chi connectivity index (χ2v) is 5.07. The van der Waals surface area contributed by atoms with Gasteiger partial charge in [-0.25, -0.2) is 0 Å². The number of H-pyrrole nitrogens is 1. The van der Waals surface area contributed by atoms with Gasteiger partial charge in [-0.2, -0.15) is 5.10 Å². The van der Waals surface area contributed by atoms with E-state index in [1.165, 1.54) is 5.56 Å². The number of benzene rings is 1. The fourth-order valence-electron chi connectivity index (χ4n) is 2.30. The van der Waals surface area contributed by atoms with E-state index >= 15 is 0 Å². The maximum absolute atomic E-state index is 5.16. The van der Waals surface area contributed by atoms with Gasteiger partial charge in [-0.1, -0.05) is 29.4 Å². The molecule has 0 fully saturated rings. The standard InChI is InChI=1S/C16H18N4O/c1-11-15(12(2)21-20-11)10-17-9-13-3-5-14(6-4-13)16-7-8-18-19-16/h3-8,17H,9-10H2,1-2H3,(H,18,19). The van der Waals surface area contributed by atoms with Gasteiger partial charge in [0, 0.05) is 24.8 Å². The van der Waals surface area contributed by atoms with Gasteiger partial charge in [0.15, 0.2) is 0 Å². The van der Waals surface area contributed by atoms with Crippen LogP contribution in [0.4, 0.5) is 0 Å². The summed E-state index contributed by atoms with van der Waals surface area (Å²) in [5.74, 6) is 0.884. The summed E-state index contributed by atoms with van der Waals surface area (Å²) in [7, 11) is 0. The maximum Gasteiger partial charge on any atom is 0.138 e. The highest BCUT2D eigenvalue weighted by molar-refractivity contribution is 5.58. The molecule has 0 spiro atoms. The fraction of sp³-hybridized carbons (Fsp3) is 0.250. The van der Waals surface area contributed by atoms with Gasteiger partial charge in [0.05, 0.1) is 11.4 Å². The molecule has 3 aromatic rings. The number of rotatable bonds is 5. The first-order valence-electron chi connectivity index (χ1n) is 6.95. The molecule has 2 heterocycles.